The Morgan fingerprint density at radius 1 is 1.20 bits per heavy atom. The first kappa shape index (κ1) is 12.3. The van der Waals surface area contributed by atoms with Crippen molar-refractivity contribution < 1.29 is 0 Å². The molecule has 0 aromatic carbocycles. The molecule has 0 bridgehead atoms. The van der Waals surface area contributed by atoms with Crippen molar-refractivity contribution in [1.82, 2.24) is 19.4 Å². The molecule has 0 atom stereocenters. The van der Waals surface area contributed by atoms with E-state index in [9.17, 15) is 0 Å². The molecule has 4 nitrogen and oxygen atoms in total. The zero-order valence-electron chi connectivity index (χ0n) is 10.4. The summed E-state index contributed by atoms with van der Waals surface area (Å²) in [4.78, 5) is 13.5. The third kappa shape index (κ3) is 2.01. The highest BCUT2D eigenvalue weighted by Crippen LogP contribution is 2.44. The summed E-state index contributed by atoms with van der Waals surface area (Å²) in [6.07, 6.45) is 6.20. The van der Waals surface area contributed by atoms with Gasteiger partial charge in [-0.2, -0.15) is 0 Å². The van der Waals surface area contributed by atoms with Crippen molar-refractivity contribution in [2.24, 2.45) is 0 Å². The summed E-state index contributed by atoms with van der Waals surface area (Å²) in [6, 6.07) is 5.87. The number of nitrogens with zero attached hydrogens (tertiary/aromatic N) is 4. The van der Waals surface area contributed by atoms with Crippen molar-refractivity contribution in [2.45, 2.75) is 18.8 Å². The molecule has 0 spiro atoms. The molecule has 0 saturated heterocycles. The van der Waals surface area contributed by atoms with E-state index in [0.29, 0.717) is 16.9 Å². The Kier molecular flexibility index (Phi) is 2.79. The van der Waals surface area contributed by atoms with Gasteiger partial charge in [-0.05, 0) is 40.9 Å². The van der Waals surface area contributed by atoms with Crippen LogP contribution in [0.2, 0.25) is 5.15 Å². The molecule has 20 heavy (non-hydrogen) atoms. The van der Waals surface area contributed by atoms with Crippen LogP contribution in [0, 0.1) is 0 Å². The molecule has 1 saturated carbocycles. The van der Waals surface area contributed by atoms with Crippen LogP contribution in [0.25, 0.3) is 17.2 Å². The quantitative estimate of drug-likeness (QED) is 0.655. The van der Waals surface area contributed by atoms with Crippen LogP contribution in [0.5, 0.6) is 0 Å². The van der Waals surface area contributed by atoms with Gasteiger partial charge < -0.3 is 4.40 Å². The molecule has 6 heteroatoms. The minimum absolute atomic E-state index is 0.453. The smallest absolute Gasteiger partial charge is 0.181 e. The summed E-state index contributed by atoms with van der Waals surface area (Å²) in [5, 5.41) is 0.453. The lowest BCUT2D eigenvalue weighted by molar-refractivity contribution is 0.975. The molecule has 100 valence electrons. The monoisotopic (exact) mass is 348 g/mol. The first-order valence-corrected chi connectivity index (χ1v) is 7.56. The molecule has 1 aliphatic carbocycles. The van der Waals surface area contributed by atoms with Crippen LogP contribution in [0.15, 0.2) is 35.1 Å². The minimum atomic E-state index is 0.453. The highest BCUT2D eigenvalue weighted by molar-refractivity contribution is 9.10. The van der Waals surface area contributed by atoms with Crippen molar-refractivity contribution in [2.75, 3.05) is 0 Å². The number of fused-ring (bicyclic) bond motifs is 1. The third-order valence-electron chi connectivity index (χ3n) is 3.39. The average molecular weight is 350 g/mol. The molecular weight excluding hydrogens is 340 g/mol. The van der Waals surface area contributed by atoms with E-state index in [1.165, 1.54) is 0 Å². The number of hydrogen-bond acceptors (Lipinski definition) is 3. The number of halogens is 2. The predicted molar refractivity (Wildman–Crippen MR) is 80.9 cm³/mol. The number of imidazole rings is 1. The standard InChI is InChI=1S/C14H10BrClN4/c15-11-12(8-4-5-8)18-14(19-13(11)16)9-7-20-6-2-1-3-10(20)17-9/h1-3,6-8H,4-5H2. The summed E-state index contributed by atoms with van der Waals surface area (Å²) in [6.45, 7) is 0. The van der Waals surface area contributed by atoms with Crippen molar-refractivity contribution in [3.8, 4) is 11.5 Å². The van der Waals surface area contributed by atoms with Gasteiger partial charge in [-0.25, -0.2) is 15.0 Å². The van der Waals surface area contributed by atoms with Gasteiger partial charge in [0.1, 0.15) is 16.5 Å². The molecular formula is C14H10BrClN4. The van der Waals surface area contributed by atoms with E-state index in [2.05, 4.69) is 30.9 Å². The second kappa shape index (κ2) is 4.53. The van der Waals surface area contributed by atoms with Gasteiger partial charge in [0.25, 0.3) is 0 Å². The van der Waals surface area contributed by atoms with Crippen molar-refractivity contribution in [3.63, 3.8) is 0 Å². The lowest BCUT2D eigenvalue weighted by Crippen LogP contribution is -1.97. The van der Waals surface area contributed by atoms with E-state index in [4.69, 9.17) is 11.6 Å². The largest absolute Gasteiger partial charge is 0.306 e. The van der Waals surface area contributed by atoms with Crippen molar-refractivity contribution in [1.29, 1.82) is 0 Å². The molecule has 3 heterocycles. The molecule has 1 aliphatic rings. The number of pyridine rings is 1. The van der Waals surface area contributed by atoms with E-state index < -0.39 is 0 Å². The van der Waals surface area contributed by atoms with Gasteiger partial charge >= 0.3 is 0 Å². The van der Waals surface area contributed by atoms with Gasteiger partial charge in [-0.3, -0.25) is 0 Å². The fourth-order valence-corrected chi connectivity index (χ4v) is 2.90. The number of aromatic nitrogens is 4. The van der Waals surface area contributed by atoms with Gasteiger partial charge in [0.05, 0.1) is 10.2 Å². The van der Waals surface area contributed by atoms with Gasteiger partial charge in [0.2, 0.25) is 0 Å². The van der Waals surface area contributed by atoms with Crippen LogP contribution in [0.1, 0.15) is 24.5 Å². The summed E-state index contributed by atoms with van der Waals surface area (Å²) < 4.78 is 2.76. The fraction of sp³-hybridized carbons (Fsp3) is 0.214. The Hall–Kier alpha value is -1.46. The number of rotatable bonds is 2. The lowest BCUT2D eigenvalue weighted by atomic mass is 10.3. The Labute approximate surface area is 129 Å². The van der Waals surface area contributed by atoms with E-state index >= 15 is 0 Å². The van der Waals surface area contributed by atoms with Crippen molar-refractivity contribution >= 4 is 33.2 Å². The van der Waals surface area contributed by atoms with Crippen LogP contribution in [-0.4, -0.2) is 19.4 Å². The first-order chi connectivity index (χ1) is 9.72. The van der Waals surface area contributed by atoms with Gasteiger partial charge in [0, 0.05) is 18.3 Å². The predicted octanol–water partition coefficient (Wildman–Crippen LogP) is 4.08. The number of hydrogen-bond donors (Lipinski definition) is 0. The average Bonchev–Trinajstić information content (AvgIpc) is 3.19. The summed E-state index contributed by atoms with van der Waals surface area (Å²) in [5.74, 6) is 1.09. The first-order valence-electron chi connectivity index (χ1n) is 6.39. The summed E-state index contributed by atoms with van der Waals surface area (Å²) in [5.41, 5.74) is 2.61. The molecule has 0 radical (unpaired) electrons. The molecule has 0 N–H and O–H groups in total. The van der Waals surface area contributed by atoms with E-state index in [1.54, 1.807) is 0 Å². The Morgan fingerprint density at radius 3 is 2.80 bits per heavy atom. The van der Waals surface area contributed by atoms with Crippen LogP contribution >= 0.6 is 27.5 Å². The molecule has 1 fully saturated rings. The van der Waals surface area contributed by atoms with Crippen molar-refractivity contribution in [3.05, 3.63) is 45.9 Å². The SMILES string of the molecule is Clc1nc(-c2cn3ccccc3n2)nc(C2CC2)c1Br. The second-order valence-electron chi connectivity index (χ2n) is 4.90. The zero-order chi connectivity index (χ0) is 13.7. The topological polar surface area (TPSA) is 43.1 Å². The zero-order valence-corrected chi connectivity index (χ0v) is 12.8. The summed E-state index contributed by atoms with van der Waals surface area (Å²) >= 11 is 9.69. The fourth-order valence-electron chi connectivity index (χ4n) is 2.22. The third-order valence-corrected chi connectivity index (χ3v) is 4.68. The van der Waals surface area contributed by atoms with Gasteiger partial charge in [-0.15, -0.1) is 0 Å². The van der Waals surface area contributed by atoms with E-state index in [-0.39, 0.29) is 0 Å². The normalized spacial score (nSPS) is 14.9. The van der Waals surface area contributed by atoms with Crippen LogP contribution in [-0.2, 0) is 0 Å². The maximum Gasteiger partial charge on any atom is 0.181 e. The Morgan fingerprint density at radius 2 is 2.05 bits per heavy atom. The maximum atomic E-state index is 6.21. The second-order valence-corrected chi connectivity index (χ2v) is 6.05. The van der Waals surface area contributed by atoms with Crippen LogP contribution in [0.3, 0.4) is 0 Å². The molecule has 3 aromatic heterocycles. The molecule has 0 amide bonds. The van der Waals surface area contributed by atoms with E-state index in [1.807, 2.05) is 35.0 Å². The molecule has 3 aromatic rings. The Balaban J connectivity index is 1.88. The lowest BCUT2D eigenvalue weighted by Gasteiger charge is -2.05. The minimum Gasteiger partial charge on any atom is -0.306 e. The van der Waals surface area contributed by atoms with Crippen LogP contribution < -0.4 is 0 Å². The van der Waals surface area contributed by atoms with Crippen LogP contribution in [0.4, 0.5) is 0 Å². The van der Waals surface area contributed by atoms with E-state index in [0.717, 1.165) is 34.3 Å². The maximum absolute atomic E-state index is 6.21. The van der Waals surface area contributed by atoms with Gasteiger partial charge in [-0.1, -0.05) is 17.7 Å². The Bertz CT molecular complexity index is 777. The van der Waals surface area contributed by atoms with Gasteiger partial charge in [0.15, 0.2) is 5.82 Å². The molecule has 0 unspecified atom stereocenters. The molecule has 4 rings (SSSR count). The molecule has 0 aliphatic heterocycles. The summed E-state index contributed by atoms with van der Waals surface area (Å²) in [7, 11) is 0. The highest BCUT2D eigenvalue weighted by Gasteiger charge is 2.29. The highest BCUT2D eigenvalue weighted by atomic mass is 79.9.